The summed E-state index contributed by atoms with van der Waals surface area (Å²) >= 11 is 6.27. The Bertz CT molecular complexity index is 1050. The van der Waals surface area contributed by atoms with Crippen LogP contribution in [0.5, 0.6) is 0 Å². The second kappa shape index (κ2) is 5.63. The van der Waals surface area contributed by atoms with Gasteiger partial charge in [0.1, 0.15) is 17.2 Å². The first kappa shape index (κ1) is 15.5. The highest BCUT2D eigenvalue weighted by molar-refractivity contribution is 6.33. The molecule has 9 heteroatoms. The molecule has 132 valence electrons. The van der Waals surface area contributed by atoms with E-state index in [-0.39, 0.29) is 10.6 Å². The molecule has 3 aliphatic rings. The van der Waals surface area contributed by atoms with E-state index in [9.17, 15) is 4.79 Å². The van der Waals surface area contributed by atoms with Crippen molar-refractivity contribution in [2.45, 2.75) is 18.5 Å². The normalized spacial score (nSPS) is 21.8. The summed E-state index contributed by atoms with van der Waals surface area (Å²) in [6, 6.07) is 2.60. The van der Waals surface area contributed by atoms with Crippen molar-refractivity contribution in [1.82, 2.24) is 24.7 Å². The molecule has 0 amide bonds. The van der Waals surface area contributed by atoms with Gasteiger partial charge in [0.25, 0.3) is 5.56 Å². The summed E-state index contributed by atoms with van der Waals surface area (Å²) in [7, 11) is 1.60. The summed E-state index contributed by atoms with van der Waals surface area (Å²) in [4.78, 5) is 29.5. The molecule has 2 unspecified atom stereocenters. The molecule has 3 saturated heterocycles. The highest BCUT2D eigenvalue weighted by Gasteiger charge is 2.46. The van der Waals surface area contributed by atoms with Gasteiger partial charge < -0.3 is 9.80 Å². The van der Waals surface area contributed by atoms with Crippen molar-refractivity contribution in [3.63, 3.8) is 0 Å². The van der Waals surface area contributed by atoms with Gasteiger partial charge in [0.05, 0.1) is 35.7 Å². The van der Waals surface area contributed by atoms with Crippen molar-refractivity contribution >= 4 is 34.0 Å². The molecular weight excluding hydrogens is 354 g/mol. The monoisotopic (exact) mass is 369 g/mol. The lowest BCUT2D eigenvalue weighted by atomic mass is 9.87. The Morgan fingerprint density at radius 3 is 2.81 bits per heavy atom. The third kappa shape index (κ3) is 2.18. The second-order valence-corrected chi connectivity index (χ2v) is 7.10. The van der Waals surface area contributed by atoms with Gasteiger partial charge in [-0.3, -0.25) is 9.78 Å². The maximum absolute atomic E-state index is 12.1. The van der Waals surface area contributed by atoms with Crippen molar-refractivity contribution in [1.29, 1.82) is 0 Å². The number of anilines is 2. The number of hydrogen-bond acceptors (Lipinski definition) is 7. The fourth-order valence-electron chi connectivity index (χ4n) is 3.97. The predicted molar refractivity (Wildman–Crippen MR) is 98.7 cm³/mol. The first-order valence-corrected chi connectivity index (χ1v) is 8.81. The summed E-state index contributed by atoms with van der Waals surface area (Å²) in [6.45, 7) is 1.56. The van der Waals surface area contributed by atoms with Crippen LogP contribution in [0.4, 0.5) is 11.5 Å². The van der Waals surface area contributed by atoms with Gasteiger partial charge in [-0.05, 0) is 12.5 Å². The Balaban J connectivity index is 1.46. The Morgan fingerprint density at radius 2 is 2.00 bits per heavy atom. The number of piperazine rings is 1. The molecule has 0 radical (unpaired) electrons. The van der Waals surface area contributed by atoms with Crippen LogP contribution < -0.4 is 15.4 Å². The minimum atomic E-state index is -0.269. The molecule has 6 rings (SSSR count). The smallest absolute Gasteiger partial charge is 0.287 e. The molecule has 3 fully saturated rings. The Kier molecular flexibility index (Phi) is 3.36. The number of nitrogens with zero attached hydrogens (tertiary/aromatic N) is 7. The van der Waals surface area contributed by atoms with Gasteiger partial charge in [-0.15, -0.1) is 0 Å². The summed E-state index contributed by atoms with van der Waals surface area (Å²) in [5, 5.41) is 5.35. The molecule has 0 saturated carbocycles. The van der Waals surface area contributed by atoms with E-state index in [0.717, 1.165) is 36.2 Å². The second-order valence-electron chi connectivity index (χ2n) is 6.72. The molecule has 3 aromatic rings. The van der Waals surface area contributed by atoms with E-state index < -0.39 is 0 Å². The molecule has 3 aliphatic heterocycles. The van der Waals surface area contributed by atoms with Crippen LogP contribution >= 0.6 is 11.6 Å². The lowest BCUT2D eigenvalue weighted by Gasteiger charge is -2.57. The molecule has 26 heavy (non-hydrogen) atoms. The third-order valence-corrected chi connectivity index (χ3v) is 5.61. The van der Waals surface area contributed by atoms with Crippen LogP contribution in [0.15, 0.2) is 35.8 Å². The molecule has 0 spiro atoms. The van der Waals surface area contributed by atoms with E-state index in [1.54, 1.807) is 32.0 Å². The lowest BCUT2D eigenvalue weighted by Crippen LogP contribution is -2.69. The van der Waals surface area contributed by atoms with Gasteiger partial charge >= 0.3 is 0 Å². The standard InChI is InChI=1S/C17H16ClN7O/c1-23-17(26)15(18)14(6-22-23)24-7-10-4-11(8-24)25(10)16-12-2-3-19-5-13(12)20-9-21-16/h2-3,5-6,9-11H,4,7-8H2,1H3. The first-order valence-electron chi connectivity index (χ1n) is 8.43. The van der Waals surface area contributed by atoms with Gasteiger partial charge in [0, 0.05) is 31.7 Å². The lowest BCUT2D eigenvalue weighted by molar-refractivity contribution is 0.289. The molecule has 3 aromatic heterocycles. The third-order valence-electron chi connectivity index (χ3n) is 5.26. The number of aryl methyl sites for hydroxylation is 1. The Morgan fingerprint density at radius 1 is 1.19 bits per heavy atom. The maximum atomic E-state index is 12.1. The zero-order valence-electron chi connectivity index (χ0n) is 14.1. The van der Waals surface area contributed by atoms with E-state index in [0.29, 0.717) is 17.8 Å². The average Bonchev–Trinajstić information content (AvgIpc) is 2.66. The van der Waals surface area contributed by atoms with Crippen LogP contribution in [0, 0.1) is 0 Å². The predicted octanol–water partition coefficient (Wildman–Crippen LogP) is 1.24. The van der Waals surface area contributed by atoms with E-state index in [1.165, 1.54) is 4.68 Å². The van der Waals surface area contributed by atoms with Crippen molar-refractivity contribution < 1.29 is 0 Å². The molecule has 0 aromatic carbocycles. The van der Waals surface area contributed by atoms with Crippen LogP contribution in [0.25, 0.3) is 10.9 Å². The van der Waals surface area contributed by atoms with Crippen molar-refractivity contribution in [2.24, 2.45) is 7.05 Å². The summed E-state index contributed by atoms with van der Waals surface area (Å²) in [5.74, 6) is 0.950. The SMILES string of the molecule is Cn1ncc(N2CC3CC(C2)N3c2ncnc3cnccc23)c(Cl)c1=O. The van der Waals surface area contributed by atoms with Crippen LogP contribution in [0.2, 0.25) is 5.02 Å². The van der Waals surface area contributed by atoms with E-state index in [2.05, 4.69) is 29.9 Å². The number of hydrogen-bond donors (Lipinski definition) is 0. The van der Waals surface area contributed by atoms with Crippen molar-refractivity contribution in [3.05, 3.63) is 46.4 Å². The summed E-state index contributed by atoms with van der Waals surface area (Å²) < 4.78 is 1.25. The zero-order chi connectivity index (χ0) is 17.8. The van der Waals surface area contributed by atoms with E-state index in [4.69, 9.17) is 11.6 Å². The quantitative estimate of drug-likeness (QED) is 0.672. The van der Waals surface area contributed by atoms with Gasteiger partial charge in [-0.25, -0.2) is 14.6 Å². The highest BCUT2D eigenvalue weighted by atomic mass is 35.5. The number of aromatic nitrogens is 5. The largest absolute Gasteiger partial charge is 0.365 e. The van der Waals surface area contributed by atoms with E-state index >= 15 is 0 Å². The topological polar surface area (TPSA) is 80.0 Å². The van der Waals surface area contributed by atoms with Gasteiger partial charge in [-0.2, -0.15) is 5.10 Å². The number of pyridine rings is 1. The first-order chi connectivity index (χ1) is 12.6. The number of fused-ring (bicyclic) bond motifs is 3. The van der Waals surface area contributed by atoms with Crippen LogP contribution in [0.3, 0.4) is 0 Å². The minimum Gasteiger partial charge on any atom is -0.365 e. The van der Waals surface area contributed by atoms with Crippen molar-refractivity contribution in [3.8, 4) is 0 Å². The highest BCUT2D eigenvalue weighted by Crippen LogP contribution is 2.40. The number of piperidine rings is 1. The van der Waals surface area contributed by atoms with Gasteiger partial charge in [0.2, 0.25) is 0 Å². The molecule has 8 nitrogen and oxygen atoms in total. The maximum Gasteiger partial charge on any atom is 0.287 e. The molecule has 0 aliphatic carbocycles. The number of halogens is 1. The Hall–Kier alpha value is -2.74. The number of rotatable bonds is 2. The zero-order valence-corrected chi connectivity index (χ0v) is 14.8. The van der Waals surface area contributed by atoms with E-state index in [1.807, 2.05) is 6.07 Å². The fraction of sp³-hybridized carbons (Fsp3) is 0.353. The van der Waals surface area contributed by atoms with Crippen LogP contribution in [-0.4, -0.2) is 49.9 Å². The fourth-order valence-corrected chi connectivity index (χ4v) is 4.26. The van der Waals surface area contributed by atoms with Gasteiger partial charge in [0.15, 0.2) is 0 Å². The Labute approximate surface area is 154 Å². The molecule has 2 atom stereocenters. The van der Waals surface area contributed by atoms with Crippen LogP contribution in [0.1, 0.15) is 6.42 Å². The van der Waals surface area contributed by atoms with Crippen molar-refractivity contribution in [2.75, 3.05) is 22.9 Å². The summed E-state index contributed by atoms with van der Waals surface area (Å²) in [5.41, 5.74) is 1.29. The molecule has 2 bridgehead atoms. The molecule has 6 heterocycles. The molecular formula is C17H16ClN7O. The van der Waals surface area contributed by atoms with Gasteiger partial charge in [-0.1, -0.05) is 11.6 Å². The summed E-state index contributed by atoms with van der Waals surface area (Å²) in [6.07, 6.45) is 7.89. The minimum absolute atomic E-state index is 0.230. The van der Waals surface area contributed by atoms with Crippen LogP contribution in [-0.2, 0) is 7.05 Å². The average molecular weight is 370 g/mol. The molecule has 0 N–H and O–H groups in total.